The second-order valence-corrected chi connectivity index (χ2v) is 5.20. The SMILES string of the molecule is CCC1(c2ccc(Oc3ccccc3)cc2C)OCCO1. The Labute approximate surface area is 125 Å². The van der Waals surface area contributed by atoms with Crippen molar-refractivity contribution in [3.63, 3.8) is 0 Å². The molecular formula is C18H20O3. The van der Waals surface area contributed by atoms with E-state index in [1.165, 1.54) is 0 Å². The van der Waals surface area contributed by atoms with Crippen molar-refractivity contribution in [1.82, 2.24) is 0 Å². The molecule has 3 nitrogen and oxygen atoms in total. The molecule has 0 unspecified atom stereocenters. The molecule has 110 valence electrons. The van der Waals surface area contributed by atoms with Crippen molar-refractivity contribution >= 4 is 0 Å². The number of hydrogen-bond acceptors (Lipinski definition) is 3. The summed E-state index contributed by atoms with van der Waals surface area (Å²) in [6, 6.07) is 15.8. The van der Waals surface area contributed by atoms with Crippen LogP contribution in [0.15, 0.2) is 48.5 Å². The van der Waals surface area contributed by atoms with Gasteiger partial charge in [0.15, 0.2) is 5.79 Å². The van der Waals surface area contributed by atoms with Crippen LogP contribution >= 0.6 is 0 Å². The standard InChI is InChI=1S/C18H20O3/c1-3-18(19-11-12-20-18)17-10-9-16(13-14(17)2)21-15-7-5-4-6-8-15/h4-10,13H,3,11-12H2,1-2H3. The van der Waals surface area contributed by atoms with Crippen molar-refractivity contribution in [1.29, 1.82) is 0 Å². The van der Waals surface area contributed by atoms with Crippen LogP contribution < -0.4 is 4.74 Å². The lowest BCUT2D eigenvalue weighted by molar-refractivity contribution is -0.167. The van der Waals surface area contributed by atoms with Crippen LogP contribution in [0.4, 0.5) is 0 Å². The zero-order valence-corrected chi connectivity index (χ0v) is 12.5. The van der Waals surface area contributed by atoms with Crippen LogP contribution in [0.2, 0.25) is 0 Å². The number of benzene rings is 2. The maximum atomic E-state index is 5.86. The van der Waals surface area contributed by atoms with Gasteiger partial charge >= 0.3 is 0 Å². The molecule has 0 aromatic heterocycles. The van der Waals surface area contributed by atoms with Gasteiger partial charge in [0, 0.05) is 12.0 Å². The molecular weight excluding hydrogens is 264 g/mol. The molecule has 21 heavy (non-hydrogen) atoms. The van der Waals surface area contributed by atoms with Gasteiger partial charge in [-0.15, -0.1) is 0 Å². The first kappa shape index (κ1) is 14.1. The van der Waals surface area contributed by atoms with Crippen molar-refractivity contribution in [2.24, 2.45) is 0 Å². The summed E-state index contributed by atoms with van der Waals surface area (Å²) in [6.07, 6.45) is 0.798. The van der Waals surface area contributed by atoms with Crippen molar-refractivity contribution in [3.05, 3.63) is 59.7 Å². The Morgan fingerprint density at radius 1 is 1.00 bits per heavy atom. The molecule has 3 rings (SSSR count). The Balaban J connectivity index is 1.86. The highest BCUT2D eigenvalue weighted by Crippen LogP contribution is 2.38. The largest absolute Gasteiger partial charge is 0.457 e. The molecule has 0 bridgehead atoms. The van der Waals surface area contributed by atoms with Crippen LogP contribution in [0, 0.1) is 6.92 Å². The maximum Gasteiger partial charge on any atom is 0.194 e. The van der Waals surface area contributed by atoms with E-state index in [1.807, 2.05) is 48.5 Å². The van der Waals surface area contributed by atoms with Gasteiger partial charge in [0.2, 0.25) is 0 Å². The lowest BCUT2D eigenvalue weighted by atomic mass is 9.98. The van der Waals surface area contributed by atoms with E-state index >= 15 is 0 Å². The highest BCUT2D eigenvalue weighted by Gasteiger charge is 2.37. The Morgan fingerprint density at radius 3 is 2.33 bits per heavy atom. The normalized spacial score (nSPS) is 16.9. The van der Waals surface area contributed by atoms with Crippen LogP contribution in [0.3, 0.4) is 0 Å². The van der Waals surface area contributed by atoms with E-state index in [-0.39, 0.29) is 0 Å². The number of para-hydroxylation sites is 1. The molecule has 0 saturated carbocycles. The zero-order valence-electron chi connectivity index (χ0n) is 12.5. The molecule has 2 aromatic carbocycles. The van der Waals surface area contributed by atoms with Gasteiger partial charge in [0.25, 0.3) is 0 Å². The van der Waals surface area contributed by atoms with Crippen LogP contribution in [0.1, 0.15) is 24.5 Å². The quantitative estimate of drug-likeness (QED) is 0.833. The van der Waals surface area contributed by atoms with E-state index in [0.717, 1.165) is 29.0 Å². The topological polar surface area (TPSA) is 27.7 Å². The summed E-state index contributed by atoms with van der Waals surface area (Å²) >= 11 is 0. The third-order valence-electron chi connectivity index (χ3n) is 3.81. The monoisotopic (exact) mass is 284 g/mol. The zero-order chi connectivity index (χ0) is 14.7. The van der Waals surface area contributed by atoms with Gasteiger partial charge in [-0.2, -0.15) is 0 Å². The average molecular weight is 284 g/mol. The van der Waals surface area contributed by atoms with Crippen LogP contribution in [-0.4, -0.2) is 13.2 Å². The maximum absolute atomic E-state index is 5.86. The summed E-state index contributed by atoms with van der Waals surface area (Å²) in [4.78, 5) is 0. The smallest absolute Gasteiger partial charge is 0.194 e. The van der Waals surface area contributed by atoms with Gasteiger partial charge < -0.3 is 14.2 Å². The fourth-order valence-electron chi connectivity index (χ4n) is 2.76. The highest BCUT2D eigenvalue weighted by molar-refractivity contribution is 5.40. The first-order chi connectivity index (χ1) is 10.2. The summed E-state index contributed by atoms with van der Waals surface area (Å²) in [5, 5.41) is 0. The van der Waals surface area contributed by atoms with E-state index in [2.05, 4.69) is 13.8 Å². The third-order valence-corrected chi connectivity index (χ3v) is 3.81. The predicted molar refractivity (Wildman–Crippen MR) is 81.6 cm³/mol. The summed E-state index contributed by atoms with van der Waals surface area (Å²) in [6.45, 7) is 5.44. The molecule has 0 atom stereocenters. The van der Waals surface area contributed by atoms with Crippen LogP contribution in [0.25, 0.3) is 0 Å². The van der Waals surface area contributed by atoms with Gasteiger partial charge in [-0.3, -0.25) is 0 Å². The van der Waals surface area contributed by atoms with Gasteiger partial charge in [0.05, 0.1) is 13.2 Å². The minimum absolute atomic E-state index is 0.588. The molecule has 1 aliphatic heterocycles. The van der Waals surface area contributed by atoms with Crippen LogP contribution in [-0.2, 0) is 15.3 Å². The van der Waals surface area contributed by atoms with Crippen molar-refractivity contribution < 1.29 is 14.2 Å². The Kier molecular flexibility index (Phi) is 3.95. The van der Waals surface area contributed by atoms with Crippen LogP contribution in [0.5, 0.6) is 11.5 Å². The lowest BCUT2D eigenvalue weighted by Crippen LogP contribution is -2.27. The molecule has 1 saturated heterocycles. The van der Waals surface area contributed by atoms with Crippen molar-refractivity contribution in [2.75, 3.05) is 13.2 Å². The second-order valence-electron chi connectivity index (χ2n) is 5.20. The van der Waals surface area contributed by atoms with E-state index in [0.29, 0.717) is 13.2 Å². The molecule has 1 aliphatic rings. The number of rotatable bonds is 4. The highest BCUT2D eigenvalue weighted by atomic mass is 16.7. The minimum atomic E-state index is -0.588. The molecule has 0 aliphatic carbocycles. The summed E-state index contributed by atoms with van der Waals surface area (Å²) in [7, 11) is 0. The van der Waals surface area contributed by atoms with Gasteiger partial charge in [0.1, 0.15) is 11.5 Å². The molecule has 0 radical (unpaired) electrons. The molecule has 1 heterocycles. The summed E-state index contributed by atoms with van der Waals surface area (Å²) in [5.74, 6) is 1.07. The molecule has 0 N–H and O–H groups in total. The summed E-state index contributed by atoms with van der Waals surface area (Å²) in [5.41, 5.74) is 2.20. The Bertz CT molecular complexity index is 601. The van der Waals surface area contributed by atoms with Gasteiger partial charge in [-0.1, -0.05) is 25.1 Å². The number of ether oxygens (including phenoxy) is 3. The second kappa shape index (κ2) is 5.88. The fourth-order valence-corrected chi connectivity index (χ4v) is 2.76. The Hall–Kier alpha value is -1.84. The number of aryl methyl sites for hydroxylation is 1. The van der Waals surface area contributed by atoms with E-state index in [9.17, 15) is 0 Å². The molecule has 0 spiro atoms. The average Bonchev–Trinajstić information content (AvgIpc) is 2.98. The van der Waals surface area contributed by atoms with E-state index < -0.39 is 5.79 Å². The minimum Gasteiger partial charge on any atom is -0.457 e. The first-order valence-electron chi connectivity index (χ1n) is 7.35. The van der Waals surface area contributed by atoms with Crippen molar-refractivity contribution in [2.45, 2.75) is 26.1 Å². The summed E-state index contributed by atoms with van der Waals surface area (Å²) < 4.78 is 17.6. The van der Waals surface area contributed by atoms with E-state index in [4.69, 9.17) is 14.2 Å². The van der Waals surface area contributed by atoms with Gasteiger partial charge in [-0.05, 0) is 42.8 Å². The van der Waals surface area contributed by atoms with Crippen molar-refractivity contribution in [3.8, 4) is 11.5 Å². The lowest BCUT2D eigenvalue weighted by Gasteiger charge is -2.28. The molecule has 1 fully saturated rings. The number of hydrogen-bond donors (Lipinski definition) is 0. The predicted octanol–water partition coefficient (Wildman–Crippen LogP) is 4.40. The first-order valence-corrected chi connectivity index (χ1v) is 7.35. The van der Waals surface area contributed by atoms with E-state index in [1.54, 1.807) is 0 Å². The Morgan fingerprint density at radius 2 is 1.71 bits per heavy atom. The molecule has 2 aromatic rings. The molecule has 3 heteroatoms. The fraction of sp³-hybridized carbons (Fsp3) is 0.333. The van der Waals surface area contributed by atoms with Gasteiger partial charge in [-0.25, -0.2) is 0 Å². The molecule has 0 amide bonds. The third kappa shape index (κ3) is 2.80.